The van der Waals surface area contributed by atoms with E-state index in [-0.39, 0.29) is 29.4 Å². The molecule has 2 bridgehead atoms. The number of hydrogen-bond donors (Lipinski definition) is 3. The molecule has 4 N–H and O–H groups in total. The number of nitrogens with zero attached hydrogens (tertiary/aromatic N) is 3. The largest absolute Gasteiger partial charge is 0.444 e. The SMILES string of the molecule is CCN1CCCC(C)(C)c2ccc(Nc3ncc(Cl)c(N[C@H]4[C@@H](OC(N)=O)[C@@H]5C=C[C@H]4C5)n3)cc21. The van der Waals surface area contributed by atoms with Crippen molar-refractivity contribution >= 4 is 40.8 Å². The minimum atomic E-state index is -0.772. The van der Waals surface area contributed by atoms with Crippen molar-refractivity contribution in [3.63, 3.8) is 0 Å². The highest BCUT2D eigenvalue weighted by atomic mass is 35.5. The lowest BCUT2D eigenvalue weighted by Crippen LogP contribution is -2.41. The zero-order valence-corrected chi connectivity index (χ0v) is 21.2. The Labute approximate surface area is 211 Å². The van der Waals surface area contributed by atoms with Gasteiger partial charge in [0.15, 0.2) is 5.82 Å². The number of carbonyl (C=O) groups is 1. The highest BCUT2D eigenvalue weighted by Gasteiger charge is 2.47. The average Bonchev–Trinajstić information content (AvgIpc) is 3.38. The topological polar surface area (TPSA) is 105 Å². The smallest absolute Gasteiger partial charge is 0.404 e. The van der Waals surface area contributed by atoms with Crippen molar-refractivity contribution in [2.24, 2.45) is 17.6 Å². The summed E-state index contributed by atoms with van der Waals surface area (Å²) in [5.74, 6) is 1.31. The van der Waals surface area contributed by atoms with Gasteiger partial charge in [0.25, 0.3) is 0 Å². The molecule has 8 nitrogen and oxygen atoms in total. The van der Waals surface area contributed by atoms with Crippen LogP contribution in [-0.4, -0.2) is 41.3 Å². The Morgan fingerprint density at radius 2 is 2.11 bits per heavy atom. The van der Waals surface area contributed by atoms with Crippen molar-refractivity contribution in [1.29, 1.82) is 0 Å². The van der Waals surface area contributed by atoms with Gasteiger partial charge in [-0.1, -0.05) is 43.7 Å². The second-order valence-electron chi connectivity index (χ2n) is 10.3. The fraction of sp³-hybridized carbons (Fsp3) is 0.500. The van der Waals surface area contributed by atoms with Gasteiger partial charge in [-0.3, -0.25) is 0 Å². The van der Waals surface area contributed by atoms with E-state index in [1.807, 2.05) is 0 Å². The number of carbonyl (C=O) groups excluding carboxylic acids is 1. The number of ether oxygens (including phenoxy) is 1. The molecule has 2 heterocycles. The number of aromatic nitrogens is 2. The van der Waals surface area contributed by atoms with E-state index in [4.69, 9.17) is 22.1 Å². The lowest BCUT2D eigenvalue weighted by Gasteiger charge is -2.29. The molecule has 1 fully saturated rings. The monoisotopic (exact) mass is 496 g/mol. The minimum Gasteiger partial charge on any atom is -0.444 e. The van der Waals surface area contributed by atoms with Gasteiger partial charge in [-0.15, -0.1) is 0 Å². The Bertz CT molecular complexity index is 1150. The zero-order chi connectivity index (χ0) is 24.7. The van der Waals surface area contributed by atoms with Crippen LogP contribution >= 0.6 is 11.6 Å². The van der Waals surface area contributed by atoms with E-state index in [0.29, 0.717) is 16.8 Å². The number of nitrogens with one attached hydrogen (secondary N) is 2. The summed E-state index contributed by atoms with van der Waals surface area (Å²) in [6, 6.07) is 6.34. The van der Waals surface area contributed by atoms with Crippen LogP contribution in [0.25, 0.3) is 0 Å². The van der Waals surface area contributed by atoms with E-state index < -0.39 is 6.09 Å². The molecular formula is C26H33ClN6O2. The van der Waals surface area contributed by atoms with E-state index in [9.17, 15) is 4.79 Å². The molecule has 0 spiro atoms. The van der Waals surface area contributed by atoms with Crippen LogP contribution in [0.15, 0.2) is 36.5 Å². The molecule has 1 aromatic carbocycles. The van der Waals surface area contributed by atoms with Gasteiger partial charge < -0.3 is 26.0 Å². The first-order valence-electron chi connectivity index (χ1n) is 12.3. The summed E-state index contributed by atoms with van der Waals surface area (Å²) < 4.78 is 5.41. The Balaban J connectivity index is 1.39. The summed E-state index contributed by atoms with van der Waals surface area (Å²) in [6.07, 6.45) is 7.94. The summed E-state index contributed by atoms with van der Waals surface area (Å²) in [7, 11) is 0. The molecule has 0 saturated heterocycles. The highest BCUT2D eigenvalue weighted by molar-refractivity contribution is 6.32. The number of hydrogen-bond acceptors (Lipinski definition) is 7. The van der Waals surface area contributed by atoms with Crippen LogP contribution in [0.2, 0.25) is 5.02 Å². The molecule has 1 amide bonds. The maximum Gasteiger partial charge on any atom is 0.404 e. The molecule has 35 heavy (non-hydrogen) atoms. The first kappa shape index (κ1) is 23.7. The summed E-state index contributed by atoms with van der Waals surface area (Å²) in [5.41, 5.74) is 8.99. The van der Waals surface area contributed by atoms with E-state index in [1.165, 1.54) is 17.7 Å². The molecule has 1 aliphatic heterocycles. The molecule has 4 atom stereocenters. The third kappa shape index (κ3) is 4.63. The fourth-order valence-electron chi connectivity index (χ4n) is 5.82. The molecule has 2 aromatic rings. The first-order chi connectivity index (χ1) is 16.7. The quantitative estimate of drug-likeness (QED) is 0.470. The van der Waals surface area contributed by atoms with Crippen LogP contribution in [0.5, 0.6) is 0 Å². The molecular weight excluding hydrogens is 464 g/mol. The highest BCUT2D eigenvalue weighted by Crippen LogP contribution is 2.43. The van der Waals surface area contributed by atoms with E-state index >= 15 is 0 Å². The van der Waals surface area contributed by atoms with Crippen LogP contribution in [0.3, 0.4) is 0 Å². The lowest BCUT2D eigenvalue weighted by molar-refractivity contribution is 0.0853. The second kappa shape index (κ2) is 9.22. The fourth-order valence-corrected chi connectivity index (χ4v) is 5.96. The van der Waals surface area contributed by atoms with E-state index in [2.05, 4.69) is 76.6 Å². The third-order valence-corrected chi connectivity index (χ3v) is 7.90. The van der Waals surface area contributed by atoms with E-state index in [0.717, 1.165) is 31.6 Å². The number of anilines is 4. The van der Waals surface area contributed by atoms with Crippen molar-refractivity contribution in [1.82, 2.24) is 9.97 Å². The molecule has 1 saturated carbocycles. The minimum absolute atomic E-state index is 0.129. The van der Waals surface area contributed by atoms with Gasteiger partial charge >= 0.3 is 6.09 Å². The van der Waals surface area contributed by atoms with Crippen LogP contribution < -0.4 is 21.3 Å². The maximum absolute atomic E-state index is 11.4. The molecule has 0 unspecified atom stereocenters. The summed E-state index contributed by atoms with van der Waals surface area (Å²) in [5, 5.41) is 7.15. The number of amides is 1. The Morgan fingerprint density at radius 1 is 1.31 bits per heavy atom. The number of rotatable bonds is 6. The predicted molar refractivity (Wildman–Crippen MR) is 140 cm³/mol. The van der Waals surface area contributed by atoms with Crippen LogP contribution in [0.1, 0.15) is 45.6 Å². The third-order valence-electron chi connectivity index (χ3n) is 7.62. The Hall–Kier alpha value is -3.00. The van der Waals surface area contributed by atoms with Crippen molar-refractivity contribution in [2.75, 3.05) is 28.6 Å². The van der Waals surface area contributed by atoms with Gasteiger partial charge in [0.1, 0.15) is 11.1 Å². The number of fused-ring (bicyclic) bond motifs is 3. The Kier molecular flexibility index (Phi) is 6.25. The first-order valence-corrected chi connectivity index (χ1v) is 12.7. The van der Waals surface area contributed by atoms with Gasteiger partial charge in [0.05, 0.1) is 12.2 Å². The standard InChI is InChI=1S/C26H33ClN6O2/c1-4-33-11-5-10-26(2,3)18-9-8-17(13-20(18)33)30-25-29-14-19(27)23(32-25)31-21-15-6-7-16(12-15)22(21)35-24(28)34/h6-9,13-16,21-22H,4-5,10-12H2,1-3H3,(H2,28,34)(H2,29,30,31,32)/t15-,16+,21+,22-/m0/s1. The average molecular weight is 497 g/mol. The molecule has 186 valence electrons. The van der Waals surface area contributed by atoms with Crippen molar-refractivity contribution in [2.45, 2.75) is 57.6 Å². The van der Waals surface area contributed by atoms with Gasteiger partial charge in [-0.25, -0.2) is 9.78 Å². The van der Waals surface area contributed by atoms with Gasteiger partial charge in [-0.05, 0) is 49.3 Å². The van der Waals surface area contributed by atoms with Crippen LogP contribution in [0, 0.1) is 11.8 Å². The second-order valence-corrected chi connectivity index (χ2v) is 10.7. The summed E-state index contributed by atoms with van der Waals surface area (Å²) in [6.45, 7) is 8.85. The summed E-state index contributed by atoms with van der Waals surface area (Å²) >= 11 is 6.44. The zero-order valence-electron chi connectivity index (χ0n) is 20.4. The predicted octanol–water partition coefficient (Wildman–Crippen LogP) is 5.22. The van der Waals surface area contributed by atoms with Crippen LogP contribution in [-0.2, 0) is 10.2 Å². The molecule has 5 rings (SSSR count). The van der Waals surface area contributed by atoms with Crippen LogP contribution in [0.4, 0.5) is 27.9 Å². The van der Waals surface area contributed by atoms with Gasteiger partial charge in [-0.2, -0.15) is 4.98 Å². The molecule has 0 radical (unpaired) electrons. The molecule has 9 heteroatoms. The number of nitrogens with two attached hydrogens (primary N) is 1. The number of halogens is 1. The molecule has 2 aliphatic carbocycles. The molecule has 3 aliphatic rings. The van der Waals surface area contributed by atoms with Gasteiger partial charge in [0, 0.05) is 36.3 Å². The maximum atomic E-state index is 11.4. The van der Waals surface area contributed by atoms with Crippen molar-refractivity contribution < 1.29 is 9.53 Å². The van der Waals surface area contributed by atoms with E-state index in [1.54, 1.807) is 6.20 Å². The van der Waals surface area contributed by atoms with Crippen molar-refractivity contribution in [3.05, 3.63) is 47.1 Å². The molecule has 1 aromatic heterocycles. The number of benzene rings is 1. The summed E-state index contributed by atoms with van der Waals surface area (Å²) in [4.78, 5) is 22.9. The lowest BCUT2D eigenvalue weighted by atomic mass is 9.80. The Morgan fingerprint density at radius 3 is 2.89 bits per heavy atom. The number of primary amides is 1. The normalized spacial score (nSPS) is 26.2. The van der Waals surface area contributed by atoms with Crippen molar-refractivity contribution in [3.8, 4) is 0 Å². The van der Waals surface area contributed by atoms with Gasteiger partial charge in [0.2, 0.25) is 5.95 Å².